The van der Waals surface area contributed by atoms with Gasteiger partial charge in [-0.05, 0) is 102 Å². The lowest BCUT2D eigenvalue weighted by Gasteiger charge is -2.34. The first-order valence-electron chi connectivity index (χ1n) is 19.3. The lowest BCUT2D eigenvalue weighted by atomic mass is 9.87. The minimum atomic E-state index is -4.01. The maximum absolute atomic E-state index is 15.0. The molecule has 0 spiro atoms. The first-order chi connectivity index (χ1) is 26.4. The molecule has 3 heterocycles. The van der Waals surface area contributed by atoms with Crippen molar-refractivity contribution in [2.75, 3.05) is 27.4 Å². The van der Waals surface area contributed by atoms with Crippen LogP contribution in [-0.4, -0.2) is 104 Å². The molecule has 2 aliphatic carbocycles. The van der Waals surface area contributed by atoms with Crippen molar-refractivity contribution in [3.05, 3.63) is 42.6 Å². The number of rotatable bonds is 9. The average molecular weight is 798 g/mol. The molecule has 0 radical (unpaired) electrons. The number of methoxy groups -OCH3 is 2. The van der Waals surface area contributed by atoms with E-state index in [2.05, 4.69) is 27.3 Å². The van der Waals surface area contributed by atoms with E-state index in [-0.39, 0.29) is 31.9 Å². The molecule has 7 unspecified atom stereocenters. The Balaban J connectivity index is 1.37. The first-order valence-corrected chi connectivity index (χ1v) is 20.8. The van der Waals surface area contributed by atoms with Crippen LogP contribution in [0.2, 0.25) is 0 Å². The number of hydrogen-bond acceptors (Lipinski definition) is 11. The summed E-state index contributed by atoms with van der Waals surface area (Å²) in [6.45, 7) is 8.90. The molecule has 2 aliphatic heterocycles. The Hall–Kier alpha value is -4.44. The van der Waals surface area contributed by atoms with E-state index in [1.165, 1.54) is 12.0 Å². The Labute approximate surface area is 328 Å². The summed E-state index contributed by atoms with van der Waals surface area (Å²) in [5.74, 6) is -1.94. The monoisotopic (exact) mass is 797 g/mol. The fourth-order valence-corrected chi connectivity index (χ4v) is 9.04. The van der Waals surface area contributed by atoms with E-state index in [0.29, 0.717) is 42.7 Å². The number of benzene rings is 1. The fraction of sp³-hybridized carbons (Fsp3) is 0.625. The minimum Gasteiger partial charge on any atom is -0.497 e. The number of hydrogen-bond donors (Lipinski definition) is 3. The second-order valence-corrected chi connectivity index (χ2v) is 19.2. The number of nitrogens with zero attached hydrogens (tertiary/aromatic N) is 2. The van der Waals surface area contributed by atoms with Gasteiger partial charge in [-0.2, -0.15) is 0 Å². The van der Waals surface area contributed by atoms with Crippen LogP contribution < -0.4 is 24.8 Å². The van der Waals surface area contributed by atoms with Gasteiger partial charge in [0, 0.05) is 36.9 Å². The highest BCUT2D eigenvalue weighted by atomic mass is 32.2. The second-order valence-electron chi connectivity index (χ2n) is 17.0. The van der Waals surface area contributed by atoms with Crippen LogP contribution in [-0.2, 0) is 33.9 Å². The van der Waals surface area contributed by atoms with Gasteiger partial charge >= 0.3 is 6.09 Å². The van der Waals surface area contributed by atoms with E-state index >= 15 is 0 Å². The quantitative estimate of drug-likeness (QED) is 0.311. The summed E-state index contributed by atoms with van der Waals surface area (Å²) in [4.78, 5) is 62.7. The minimum absolute atomic E-state index is 0.0187. The SMILES string of the molecule is COCC1CC(C)CCC=CC2CC2(C(=O)NS(=O)(=O)C2(C)CC2)NC(=O)C2CC(Oc3nccc4cc(OC)ccc34)CN2C(=O)C1NC(=O)OC(C)(C)C. The molecule has 15 nitrogen and oxygen atoms in total. The maximum Gasteiger partial charge on any atom is 0.408 e. The number of aromatic nitrogens is 1. The molecule has 2 saturated carbocycles. The number of carbonyl (C=O) groups excluding carboxylic acids is 4. The van der Waals surface area contributed by atoms with Gasteiger partial charge in [0.05, 0.1) is 25.0 Å². The van der Waals surface area contributed by atoms with E-state index in [4.69, 9.17) is 18.9 Å². The summed E-state index contributed by atoms with van der Waals surface area (Å²) in [7, 11) is -0.909. The van der Waals surface area contributed by atoms with Crippen LogP contribution in [0.1, 0.15) is 79.6 Å². The zero-order valence-electron chi connectivity index (χ0n) is 33.3. The van der Waals surface area contributed by atoms with Gasteiger partial charge in [0.25, 0.3) is 5.91 Å². The number of fused-ring (bicyclic) bond motifs is 3. The van der Waals surface area contributed by atoms with Crippen LogP contribution in [0.4, 0.5) is 4.79 Å². The largest absolute Gasteiger partial charge is 0.497 e. The van der Waals surface area contributed by atoms with E-state index in [1.807, 2.05) is 30.4 Å². The van der Waals surface area contributed by atoms with Crippen LogP contribution >= 0.6 is 0 Å². The van der Waals surface area contributed by atoms with Crippen molar-refractivity contribution < 1.29 is 46.5 Å². The van der Waals surface area contributed by atoms with Gasteiger partial charge in [0.1, 0.15) is 35.1 Å². The molecule has 1 saturated heterocycles. The van der Waals surface area contributed by atoms with Crippen LogP contribution in [0.3, 0.4) is 0 Å². The standard InChI is InChI=1S/C40H55N5O10S/c1-24-10-8-9-11-27-21-40(27,36(48)44-56(50,51)39(5)15-16-39)43-33(46)31-20-29(54-34-30-13-12-28(53-7)19-25(30)14-17-41-34)22-45(31)35(47)32(26(18-24)23-52-6)42-37(49)55-38(2,3)4/h9,11-14,17,19,24,26-27,29,31-32H,8,10,15-16,18,20-23H2,1-7H3,(H,42,49)(H,43,46)(H,44,48). The van der Waals surface area contributed by atoms with Crippen LogP contribution in [0.15, 0.2) is 42.6 Å². The Morgan fingerprint density at radius 1 is 1.11 bits per heavy atom. The van der Waals surface area contributed by atoms with E-state index in [9.17, 15) is 27.6 Å². The number of pyridine rings is 1. The molecule has 4 aliphatic rings. The average Bonchev–Trinajstić information content (AvgIpc) is 4.01. The zero-order valence-corrected chi connectivity index (χ0v) is 34.1. The van der Waals surface area contributed by atoms with Gasteiger partial charge in [-0.25, -0.2) is 18.2 Å². The first kappa shape index (κ1) is 41.2. The number of allylic oxidation sites excluding steroid dienone is 1. The molecule has 6 rings (SSSR count). The van der Waals surface area contributed by atoms with Gasteiger partial charge in [-0.1, -0.05) is 19.1 Å². The highest BCUT2D eigenvalue weighted by Crippen LogP contribution is 2.47. The smallest absolute Gasteiger partial charge is 0.408 e. The van der Waals surface area contributed by atoms with Crippen molar-refractivity contribution in [3.8, 4) is 11.6 Å². The van der Waals surface area contributed by atoms with E-state index in [1.54, 1.807) is 47.1 Å². The van der Waals surface area contributed by atoms with Gasteiger partial charge in [-0.3, -0.25) is 19.1 Å². The third kappa shape index (κ3) is 8.90. The van der Waals surface area contributed by atoms with Crippen molar-refractivity contribution in [2.24, 2.45) is 17.8 Å². The molecule has 7 atom stereocenters. The molecule has 4 amide bonds. The topological polar surface area (TPSA) is 192 Å². The van der Waals surface area contributed by atoms with Gasteiger partial charge < -0.3 is 34.5 Å². The summed E-state index contributed by atoms with van der Waals surface area (Å²) >= 11 is 0. The number of amides is 4. The van der Waals surface area contributed by atoms with Crippen LogP contribution in [0, 0.1) is 17.8 Å². The van der Waals surface area contributed by atoms with Crippen molar-refractivity contribution >= 4 is 44.6 Å². The third-order valence-corrected chi connectivity index (χ3v) is 13.5. The number of nitrogens with one attached hydrogen (secondary N) is 3. The lowest BCUT2D eigenvalue weighted by Crippen LogP contribution is -2.60. The summed E-state index contributed by atoms with van der Waals surface area (Å²) in [6.07, 6.45) is 6.82. The van der Waals surface area contributed by atoms with Gasteiger partial charge in [-0.15, -0.1) is 0 Å². The van der Waals surface area contributed by atoms with E-state index in [0.717, 1.165) is 11.8 Å². The molecule has 0 bridgehead atoms. The molecule has 1 aromatic heterocycles. The Kier molecular flexibility index (Phi) is 11.6. The van der Waals surface area contributed by atoms with Crippen molar-refractivity contribution in [3.63, 3.8) is 0 Å². The van der Waals surface area contributed by atoms with Crippen molar-refractivity contribution in [1.82, 2.24) is 25.2 Å². The zero-order chi connectivity index (χ0) is 40.6. The van der Waals surface area contributed by atoms with Gasteiger partial charge in [0.2, 0.25) is 27.7 Å². The Morgan fingerprint density at radius 2 is 1.86 bits per heavy atom. The maximum atomic E-state index is 15.0. The predicted molar refractivity (Wildman–Crippen MR) is 207 cm³/mol. The second kappa shape index (κ2) is 15.8. The summed E-state index contributed by atoms with van der Waals surface area (Å²) in [5, 5.41) is 7.22. The number of sulfonamides is 1. The van der Waals surface area contributed by atoms with E-state index < -0.39 is 79.7 Å². The molecule has 56 heavy (non-hydrogen) atoms. The third-order valence-electron chi connectivity index (χ3n) is 11.3. The molecular weight excluding hydrogens is 743 g/mol. The molecule has 2 aromatic rings. The van der Waals surface area contributed by atoms with Crippen molar-refractivity contribution in [2.45, 2.75) is 114 Å². The van der Waals surface area contributed by atoms with Crippen LogP contribution in [0.25, 0.3) is 10.8 Å². The lowest BCUT2D eigenvalue weighted by molar-refractivity contribution is -0.142. The Bertz CT molecular complexity index is 1980. The highest BCUT2D eigenvalue weighted by Gasteiger charge is 2.63. The number of ether oxygens (including phenoxy) is 4. The Morgan fingerprint density at radius 3 is 2.54 bits per heavy atom. The van der Waals surface area contributed by atoms with Crippen molar-refractivity contribution in [1.29, 1.82) is 0 Å². The molecule has 3 N–H and O–H groups in total. The van der Waals surface area contributed by atoms with Gasteiger partial charge in [0.15, 0.2) is 0 Å². The van der Waals surface area contributed by atoms with Crippen LogP contribution in [0.5, 0.6) is 11.6 Å². The molecule has 306 valence electrons. The number of carbonyl (C=O) groups is 4. The molecule has 16 heteroatoms. The molecule has 3 fully saturated rings. The molecular formula is C40H55N5O10S. The predicted octanol–water partition coefficient (Wildman–Crippen LogP) is 4.00. The normalized spacial score (nSPS) is 29.2. The summed E-state index contributed by atoms with van der Waals surface area (Å²) < 4.78 is 50.7. The summed E-state index contributed by atoms with van der Waals surface area (Å²) in [6, 6.07) is 4.95. The highest BCUT2D eigenvalue weighted by molar-refractivity contribution is 7.91. The fourth-order valence-electron chi connectivity index (χ4n) is 7.73. The summed E-state index contributed by atoms with van der Waals surface area (Å²) in [5.41, 5.74) is -2.40. The number of alkyl carbamates (subject to hydrolysis) is 1. The molecule has 1 aromatic carbocycles.